The Bertz CT molecular complexity index is 140. The van der Waals surface area contributed by atoms with E-state index >= 15 is 0 Å². The summed E-state index contributed by atoms with van der Waals surface area (Å²) in [5.74, 6) is 0. The Morgan fingerprint density at radius 3 is 1.58 bits per heavy atom. The minimum atomic E-state index is 0.393. The van der Waals surface area contributed by atoms with Crippen LogP contribution in [0.5, 0.6) is 0 Å². The van der Waals surface area contributed by atoms with E-state index < -0.39 is 0 Å². The Balaban J connectivity index is 1.94. The van der Waals surface area contributed by atoms with E-state index in [4.69, 9.17) is 9.47 Å². The third kappa shape index (κ3) is 1.64. The molecule has 2 aliphatic rings. The van der Waals surface area contributed by atoms with Crippen LogP contribution in [0.25, 0.3) is 0 Å². The lowest BCUT2D eigenvalue weighted by molar-refractivity contribution is -0.179. The highest BCUT2D eigenvalue weighted by Crippen LogP contribution is 2.30. The molecule has 4 unspecified atom stereocenters. The molecule has 0 aromatic carbocycles. The van der Waals surface area contributed by atoms with Gasteiger partial charge in [-0.1, -0.05) is 0 Å². The summed E-state index contributed by atoms with van der Waals surface area (Å²) in [7, 11) is 0. The highest BCUT2D eigenvalue weighted by Gasteiger charge is 2.34. The van der Waals surface area contributed by atoms with Gasteiger partial charge >= 0.3 is 0 Å². The van der Waals surface area contributed by atoms with Gasteiger partial charge in [0, 0.05) is 0 Å². The van der Waals surface area contributed by atoms with Crippen LogP contribution in [0.2, 0.25) is 0 Å². The van der Waals surface area contributed by atoms with Gasteiger partial charge in [0.25, 0.3) is 0 Å². The Hall–Kier alpha value is -0.0800. The van der Waals surface area contributed by atoms with Gasteiger partial charge in [0.1, 0.15) is 0 Å². The van der Waals surface area contributed by atoms with Crippen molar-refractivity contribution in [1.29, 1.82) is 0 Å². The molecule has 2 rings (SSSR count). The van der Waals surface area contributed by atoms with Gasteiger partial charge in [-0.3, -0.25) is 0 Å². The molecule has 2 saturated heterocycles. The summed E-state index contributed by atoms with van der Waals surface area (Å²) in [6.45, 7) is 4.32. The Labute approximate surface area is 74.2 Å². The molecule has 2 heteroatoms. The largest absolute Gasteiger partial charge is 0.373 e. The number of fused-ring (bicyclic) bond motifs is 1. The van der Waals surface area contributed by atoms with Crippen LogP contribution in [-0.2, 0) is 9.47 Å². The predicted molar refractivity (Wildman–Crippen MR) is 47.1 cm³/mol. The zero-order valence-corrected chi connectivity index (χ0v) is 7.95. The minimum absolute atomic E-state index is 0.393. The van der Waals surface area contributed by atoms with E-state index in [-0.39, 0.29) is 0 Å². The molecule has 70 valence electrons. The van der Waals surface area contributed by atoms with Crippen molar-refractivity contribution in [3.8, 4) is 0 Å². The average Bonchev–Trinajstić information content (AvgIpc) is 2.05. The topological polar surface area (TPSA) is 18.5 Å². The molecule has 2 nitrogen and oxygen atoms in total. The lowest BCUT2D eigenvalue weighted by Crippen LogP contribution is -2.44. The quantitative estimate of drug-likeness (QED) is 0.554. The van der Waals surface area contributed by atoms with E-state index in [1.54, 1.807) is 0 Å². The monoisotopic (exact) mass is 170 g/mol. The first-order chi connectivity index (χ1) is 5.75. The molecule has 2 fully saturated rings. The average molecular weight is 170 g/mol. The molecule has 12 heavy (non-hydrogen) atoms. The van der Waals surface area contributed by atoms with Crippen molar-refractivity contribution in [2.45, 2.75) is 63.9 Å². The van der Waals surface area contributed by atoms with Gasteiger partial charge in [0.15, 0.2) is 0 Å². The van der Waals surface area contributed by atoms with E-state index in [1.807, 2.05) is 0 Å². The van der Waals surface area contributed by atoms with Crippen LogP contribution in [-0.4, -0.2) is 24.4 Å². The Morgan fingerprint density at radius 2 is 1.17 bits per heavy atom. The molecule has 0 aromatic rings. The fourth-order valence-electron chi connectivity index (χ4n) is 2.21. The SMILES string of the molecule is CC1CCC2OC(C)CCC2O1. The summed E-state index contributed by atoms with van der Waals surface area (Å²) in [6, 6.07) is 0. The highest BCUT2D eigenvalue weighted by atomic mass is 16.6. The van der Waals surface area contributed by atoms with Gasteiger partial charge < -0.3 is 9.47 Å². The smallest absolute Gasteiger partial charge is 0.0841 e. The van der Waals surface area contributed by atoms with Crippen molar-refractivity contribution in [2.24, 2.45) is 0 Å². The first-order valence-corrected chi connectivity index (χ1v) is 5.06. The number of hydrogen-bond acceptors (Lipinski definition) is 2. The third-order valence-electron chi connectivity index (χ3n) is 2.94. The molecule has 0 aliphatic carbocycles. The molecular weight excluding hydrogens is 152 g/mol. The zero-order chi connectivity index (χ0) is 8.55. The third-order valence-corrected chi connectivity index (χ3v) is 2.94. The van der Waals surface area contributed by atoms with E-state index in [0.29, 0.717) is 24.4 Å². The van der Waals surface area contributed by atoms with Gasteiger partial charge in [-0.05, 0) is 39.5 Å². The lowest BCUT2D eigenvalue weighted by atomic mass is 9.94. The van der Waals surface area contributed by atoms with Crippen LogP contribution in [0.4, 0.5) is 0 Å². The molecule has 0 N–H and O–H groups in total. The van der Waals surface area contributed by atoms with Crippen molar-refractivity contribution in [2.75, 3.05) is 0 Å². The summed E-state index contributed by atoms with van der Waals surface area (Å²) >= 11 is 0. The summed E-state index contributed by atoms with van der Waals surface area (Å²) < 4.78 is 11.6. The van der Waals surface area contributed by atoms with Crippen LogP contribution >= 0.6 is 0 Å². The highest BCUT2D eigenvalue weighted by molar-refractivity contribution is 4.83. The molecule has 0 spiro atoms. The fraction of sp³-hybridized carbons (Fsp3) is 1.00. The molecule has 0 saturated carbocycles. The summed E-state index contributed by atoms with van der Waals surface area (Å²) in [6.07, 6.45) is 6.38. The van der Waals surface area contributed by atoms with E-state index in [0.717, 1.165) is 12.8 Å². The normalized spacial score (nSPS) is 48.5. The summed E-state index contributed by atoms with van der Waals surface area (Å²) in [4.78, 5) is 0. The van der Waals surface area contributed by atoms with Crippen molar-refractivity contribution in [1.82, 2.24) is 0 Å². The van der Waals surface area contributed by atoms with Crippen molar-refractivity contribution in [3.63, 3.8) is 0 Å². The molecule has 0 radical (unpaired) electrons. The Kier molecular flexibility index (Phi) is 2.37. The van der Waals surface area contributed by atoms with Crippen LogP contribution < -0.4 is 0 Å². The second kappa shape index (κ2) is 3.35. The second-order valence-electron chi connectivity index (χ2n) is 4.13. The van der Waals surface area contributed by atoms with Crippen molar-refractivity contribution < 1.29 is 9.47 Å². The van der Waals surface area contributed by atoms with E-state index in [2.05, 4.69) is 13.8 Å². The molecule has 4 atom stereocenters. The molecule has 2 heterocycles. The van der Waals surface area contributed by atoms with E-state index in [1.165, 1.54) is 12.8 Å². The van der Waals surface area contributed by atoms with Gasteiger partial charge in [-0.15, -0.1) is 0 Å². The lowest BCUT2D eigenvalue weighted by Gasteiger charge is -2.40. The molecule has 0 bridgehead atoms. The maximum Gasteiger partial charge on any atom is 0.0841 e. The predicted octanol–water partition coefficient (Wildman–Crippen LogP) is 2.12. The Morgan fingerprint density at radius 1 is 0.750 bits per heavy atom. The van der Waals surface area contributed by atoms with Crippen LogP contribution in [0, 0.1) is 0 Å². The number of rotatable bonds is 0. The van der Waals surface area contributed by atoms with Crippen LogP contribution in [0.15, 0.2) is 0 Å². The summed E-state index contributed by atoms with van der Waals surface area (Å²) in [5.41, 5.74) is 0. The summed E-state index contributed by atoms with van der Waals surface area (Å²) in [5, 5.41) is 0. The van der Waals surface area contributed by atoms with E-state index in [9.17, 15) is 0 Å². The fourth-order valence-corrected chi connectivity index (χ4v) is 2.21. The van der Waals surface area contributed by atoms with Crippen molar-refractivity contribution in [3.05, 3.63) is 0 Å². The molecule has 2 aliphatic heterocycles. The molecule has 0 amide bonds. The number of ether oxygens (including phenoxy) is 2. The van der Waals surface area contributed by atoms with Gasteiger partial charge in [0.2, 0.25) is 0 Å². The van der Waals surface area contributed by atoms with Crippen LogP contribution in [0.3, 0.4) is 0 Å². The first kappa shape index (κ1) is 8.52. The maximum absolute atomic E-state index is 5.81. The first-order valence-electron chi connectivity index (χ1n) is 5.06. The van der Waals surface area contributed by atoms with Gasteiger partial charge in [0.05, 0.1) is 24.4 Å². The van der Waals surface area contributed by atoms with Crippen molar-refractivity contribution >= 4 is 0 Å². The standard InChI is InChI=1S/C10H18O2/c1-7-3-5-10-9(11-7)6-4-8(2)12-10/h7-10H,3-6H2,1-2H3. The zero-order valence-electron chi connectivity index (χ0n) is 7.95. The molecular formula is C10H18O2. The van der Waals surface area contributed by atoms with Gasteiger partial charge in [-0.2, -0.15) is 0 Å². The number of hydrogen-bond donors (Lipinski definition) is 0. The second-order valence-corrected chi connectivity index (χ2v) is 4.13. The van der Waals surface area contributed by atoms with Crippen LogP contribution in [0.1, 0.15) is 39.5 Å². The molecule has 0 aromatic heterocycles. The maximum atomic E-state index is 5.81. The minimum Gasteiger partial charge on any atom is -0.373 e. The van der Waals surface area contributed by atoms with Gasteiger partial charge in [-0.25, -0.2) is 0 Å².